The number of amides is 1. The van der Waals surface area contributed by atoms with Crippen LogP contribution in [0, 0.1) is 24.0 Å². The summed E-state index contributed by atoms with van der Waals surface area (Å²) < 4.78 is 5.58. The molecule has 0 atom stereocenters. The molecule has 0 spiro atoms. The van der Waals surface area contributed by atoms with E-state index in [1.807, 2.05) is 32.0 Å². The highest BCUT2D eigenvalue weighted by Crippen LogP contribution is 2.25. The van der Waals surface area contributed by atoms with E-state index in [1.165, 1.54) is 12.1 Å². The van der Waals surface area contributed by atoms with Gasteiger partial charge in [0.25, 0.3) is 11.6 Å². The van der Waals surface area contributed by atoms with Gasteiger partial charge < -0.3 is 9.73 Å². The van der Waals surface area contributed by atoms with E-state index in [0.717, 1.165) is 11.1 Å². The van der Waals surface area contributed by atoms with Gasteiger partial charge in [0.15, 0.2) is 5.76 Å². The van der Waals surface area contributed by atoms with Crippen LogP contribution in [-0.2, 0) is 0 Å². The van der Waals surface area contributed by atoms with Crippen LogP contribution in [0.2, 0.25) is 0 Å². The molecule has 6 nitrogen and oxygen atoms in total. The summed E-state index contributed by atoms with van der Waals surface area (Å²) in [5, 5.41) is 13.5. The number of nitro groups is 1. The van der Waals surface area contributed by atoms with Gasteiger partial charge in [0.2, 0.25) is 0 Å². The van der Waals surface area contributed by atoms with Gasteiger partial charge >= 0.3 is 0 Å². The Morgan fingerprint density at radius 3 is 2.24 bits per heavy atom. The summed E-state index contributed by atoms with van der Waals surface area (Å²) in [6.45, 7) is 3.92. The molecule has 1 aromatic heterocycles. The third kappa shape index (κ3) is 3.74. The molecule has 126 valence electrons. The minimum Gasteiger partial charge on any atom is -0.451 e. The highest BCUT2D eigenvalue weighted by molar-refractivity contribution is 6.02. The summed E-state index contributed by atoms with van der Waals surface area (Å²) in [6.07, 6.45) is 0. The summed E-state index contributed by atoms with van der Waals surface area (Å²) in [7, 11) is 0. The second-order valence-electron chi connectivity index (χ2n) is 5.80. The number of aryl methyl sites for hydroxylation is 2. The van der Waals surface area contributed by atoms with Gasteiger partial charge in [-0.1, -0.05) is 6.07 Å². The number of nitrogens with one attached hydrogen (secondary N) is 1. The van der Waals surface area contributed by atoms with Gasteiger partial charge in [-0.15, -0.1) is 0 Å². The summed E-state index contributed by atoms with van der Waals surface area (Å²) in [5.41, 5.74) is 3.48. The third-order valence-corrected chi connectivity index (χ3v) is 3.67. The van der Waals surface area contributed by atoms with Crippen molar-refractivity contribution in [3.05, 3.63) is 81.6 Å². The quantitative estimate of drug-likeness (QED) is 0.551. The van der Waals surface area contributed by atoms with E-state index in [1.54, 1.807) is 24.3 Å². The van der Waals surface area contributed by atoms with Crippen LogP contribution in [0.25, 0.3) is 11.3 Å². The van der Waals surface area contributed by atoms with Crippen molar-refractivity contribution in [2.24, 2.45) is 0 Å². The summed E-state index contributed by atoms with van der Waals surface area (Å²) in [4.78, 5) is 22.6. The average Bonchev–Trinajstić information content (AvgIpc) is 3.04. The van der Waals surface area contributed by atoms with E-state index >= 15 is 0 Å². The molecule has 0 unspecified atom stereocenters. The highest BCUT2D eigenvalue weighted by atomic mass is 16.6. The number of carbonyl (C=O) groups is 1. The fraction of sp³-hybridized carbons (Fsp3) is 0.105. The van der Waals surface area contributed by atoms with Gasteiger partial charge in [-0.2, -0.15) is 0 Å². The van der Waals surface area contributed by atoms with Gasteiger partial charge in [0.1, 0.15) is 5.76 Å². The number of nitro benzene ring substituents is 1. The fourth-order valence-corrected chi connectivity index (χ4v) is 2.60. The van der Waals surface area contributed by atoms with Gasteiger partial charge in [0, 0.05) is 23.4 Å². The standard InChI is InChI=1S/C19H16N2O4/c1-12-9-13(2)11-15(10-12)20-19(22)18-8-7-17(25-18)14-3-5-16(6-4-14)21(23)24/h3-11H,1-2H3,(H,20,22). The summed E-state index contributed by atoms with van der Waals surface area (Å²) in [5.74, 6) is 0.297. The molecule has 0 aliphatic heterocycles. The molecule has 3 rings (SSSR count). The largest absolute Gasteiger partial charge is 0.451 e. The van der Waals surface area contributed by atoms with Crippen LogP contribution >= 0.6 is 0 Å². The number of anilines is 1. The third-order valence-electron chi connectivity index (χ3n) is 3.67. The Hall–Kier alpha value is -3.41. The van der Waals surface area contributed by atoms with Crippen molar-refractivity contribution in [1.29, 1.82) is 0 Å². The van der Waals surface area contributed by atoms with Crippen LogP contribution in [0.3, 0.4) is 0 Å². The lowest BCUT2D eigenvalue weighted by atomic mass is 10.1. The molecule has 0 aliphatic carbocycles. The number of benzene rings is 2. The predicted molar refractivity (Wildman–Crippen MR) is 94.7 cm³/mol. The minimum atomic E-state index is -0.464. The molecule has 0 saturated heterocycles. The Morgan fingerprint density at radius 2 is 1.64 bits per heavy atom. The van der Waals surface area contributed by atoms with Crippen LogP contribution in [0.15, 0.2) is 59.0 Å². The van der Waals surface area contributed by atoms with Gasteiger partial charge in [-0.3, -0.25) is 14.9 Å². The maximum absolute atomic E-state index is 12.3. The molecule has 1 heterocycles. The number of hydrogen-bond donors (Lipinski definition) is 1. The Bertz CT molecular complexity index is 922. The molecule has 0 fully saturated rings. The zero-order chi connectivity index (χ0) is 18.0. The first-order valence-electron chi connectivity index (χ1n) is 7.67. The average molecular weight is 336 g/mol. The lowest BCUT2D eigenvalue weighted by Gasteiger charge is -2.06. The number of furan rings is 1. The Morgan fingerprint density at radius 1 is 1.00 bits per heavy atom. The molecule has 6 heteroatoms. The van der Waals surface area contributed by atoms with E-state index in [-0.39, 0.29) is 17.4 Å². The first kappa shape index (κ1) is 16.4. The van der Waals surface area contributed by atoms with Crippen molar-refractivity contribution >= 4 is 17.3 Å². The normalized spacial score (nSPS) is 10.5. The van der Waals surface area contributed by atoms with E-state index in [0.29, 0.717) is 17.0 Å². The molecule has 0 aliphatic rings. The van der Waals surface area contributed by atoms with Crippen LogP contribution < -0.4 is 5.32 Å². The molecular weight excluding hydrogens is 320 g/mol. The number of carbonyl (C=O) groups excluding carboxylic acids is 1. The van der Waals surface area contributed by atoms with Gasteiger partial charge in [-0.25, -0.2) is 0 Å². The Labute approximate surface area is 144 Å². The number of non-ortho nitro benzene ring substituents is 1. The van der Waals surface area contributed by atoms with Crippen LogP contribution in [0.5, 0.6) is 0 Å². The number of hydrogen-bond acceptors (Lipinski definition) is 4. The zero-order valence-corrected chi connectivity index (χ0v) is 13.8. The van der Waals surface area contributed by atoms with Crippen molar-refractivity contribution in [3.8, 4) is 11.3 Å². The molecule has 25 heavy (non-hydrogen) atoms. The van der Waals surface area contributed by atoms with Gasteiger partial charge in [0.05, 0.1) is 4.92 Å². The Balaban J connectivity index is 1.78. The first-order valence-corrected chi connectivity index (χ1v) is 7.67. The Kier molecular flexibility index (Phi) is 4.35. The minimum absolute atomic E-state index is 0.00286. The highest BCUT2D eigenvalue weighted by Gasteiger charge is 2.14. The topological polar surface area (TPSA) is 85.4 Å². The monoisotopic (exact) mass is 336 g/mol. The molecule has 1 amide bonds. The molecule has 3 aromatic rings. The molecular formula is C19H16N2O4. The number of rotatable bonds is 4. The maximum atomic E-state index is 12.3. The molecule has 0 saturated carbocycles. The number of nitrogens with zero attached hydrogens (tertiary/aromatic N) is 1. The van der Waals surface area contributed by atoms with E-state index in [9.17, 15) is 14.9 Å². The lowest BCUT2D eigenvalue weighted by molar-refractivity contribution is -0.384. The SMILES string of the molecule is Cc1cc(C)cc(NC(=O)c2ccc(-c3ccc([N+](=O)[O-])cc3)o2)c1. The second kappa shape index (κ2) is 6.60. The molecule has 1 N–H and O–H groups in total. The van der Waals surface area contributed by atoms with E-state index < -0.39 is 4.92 Å². The lowest BCUT2D eigenvalue weighted by Crippen LogP contribution is -2.11. The van der Waals surface area contributed by atoms with Crippen LogP contribution in [0.1, 0.15) is 21.7 Å². The zero-order valence-electron chi connectivity index (χ0n) is 13.8. The van der Waals surface area contributed by atoms with E-state index in [2.05, 4.69) is 5.32 Å². The summed E-state index contributed by atoms with van der Waals surface area (Å²) >= 11 is 0. The molecule has 2 aromatic carbocycles. The van der Waals surface area contributed by atoms with Crippen LogP contribution in [0.4, 0.5) is 11.4 Å². The van der Waals surface area contributed by atoms with Crippen molar-refractivity contribution in [2.45, 2.75) is 13.8 Å². The van der Waals surface area contributed by atoms with Crippen molar-refractivity contribution in [1.82, 2.24) is 0 Å². The van der Waals surface area contributed by atoms with E-state index in [4.69, 9.17) is 4.42 Å². The van der Waals surface area contributed by atoms with Crippen molar-refractivity contribution in [2.75, 3.05) is 5.32 Å². The predicted octanol–water partition coefficient (Wildman–Crippen LogP) is 4.72. The van der Waals surface area contributed by atoms with Gasteiger partial charge in [-0.05, 0) is 61.4 Å². The maximum Gasteiger partial charge on any atom is 0.291 e. The van der Waals surface area contributed by atoms with Crippen LogP contribution in [-0.4, -0.2) is 10.8 Å². The summed E-state index contributed by atoms with van der Waals surface area (Å²) in [6, 6.07) is 15.0. The molecule has 0 radical (unpaired) electrons. The fourth-order valence-electron chi connectivity index (χ4n) is 2.60. The van der Waals surface area contributed by atoms with Crippen molar-refractivity contribution in [3.63, 3.8) is 0 Å². The second-order valence-corrected chi connectivity index (χ2v) is 5.80. The van der Waals surface area contributed by atoms with Crippen molar-refractivity contribution < 1.29 is 14.1 Å². The smallest absolute Gasteiger partial charge is 0.291 e. The first-order chi connectivity index (χ1) is 11.9. The molecule has 0 bridgehead atoms.